The monoisotopic (exact) mass is 234 g/mol. The fourth-order valence-electron chi connectivity index (χ4n) is 2.08. The SMILES string of the molecule is CC(C)Oc1cccc(C(C)(C)C2(N)CC2)n1. The molecule has 1 aromatic heterocycles. The Bertz CT molecular complexity index is 408. The van der Waals surface area contributed by atoms with Crippen molar-refractivity contribution >= 4 is 0 Å². The van der Waals surface area contributed by atoms with Crippen molar-refractivity contribution in [2.24, 2.45) is 5.73 Å². The first-order valence-electron chi connectivity index (χ1n) is 6.28. The highest BCUT2D eigenvalue weighted by Crippen LogP contribution is 2.48. The quantitative estimate of drug-likeness (QED) is 0.871. The number of pyridine rings is 1. The van der Waals surface area contributed by atoms with Crippen LogP contribution >= 0.6 is 0 Å². The third-order valence-corrected chi connectivity index (χ3v) is 3.75. The smallest absolute Gasteiger partial charge is 0.213 e. The second-order valence-electron chi connectivity index (χ2n) is 5.81. The van der Waals surface area contributed by atoms with E-state index in [0.29, 0.717) is 5.88 Å². The zero-order valence-corrected chi connectivity index (χ0v) is 11.2. The molecular weight excluding hydrogens is 212 g/mol. The maximum atomic E-state index is 6.33. The fourth-order valence-corrected chi connectivity index (χ4v) is 2.08. The van der Waals surface area contributed by atoms with Gasteiger partial charge in [-0.15, -0.1) is 0 Å². The van der Waals surface area contributed by atoms with Gasteiger partial charge in [0.05, 0.1) is 11.8 Å². The van der Waals surface area contributed by atoms with E-state index in [0.717, 1.165) is 18.5 Å². The minimum absolute atomic E-state index is 0.0869. The standard InChI is InChI=1S/C14H22N2O/c1-10(2)17-12-7-5-6-11(16-12)13(3,4)14(15)8-9-14/h5-7,10H,8-9,15H2,1-4H3. The fraction of sp³-hybridized carbons (Fsp3) is 0.643. The molecule has 2 rings (SSSR count). The molecule has 0 radical (unpaired) electrons. The van der Waals surface area contributed by atoms with E-state index >= 15 is 0 Å². The van der Waals surface area contributed by atoms with Crippen LogP contribution in [0.15, 0.2) is 18.2 Å². The molecule has 0 aliphatic heterocycles. The third kappa shape index (κ3) is 2.29. The van der Waals surface area contributed by atoms with Gasteiger partial charge in [-0.05, 0) is 32.8 Å². The number of nitrogens with two attached hydrogens (primary N) is 1. The molecule has 0 amide bonds. The molecule has 1 heterocycles. The summed E-state index contributed by atoms with van der Waals surface area (Å²) < 4.78 is 5.63. The van der Waals surface area contributed by atoms with E-state index in [1.54, 1.807) is 0 Å². The van der Waals surface area contributed by atoms with Gasteiger partial charge in [0.1, 0.15) is 0 Å². The Labute approximate surface area is 103 Å². The topological polar surface area (TPSA) is 48.1 Å². The van der Waals surface area contributed by atoms with E-state index in [1.807, 2.05) is 32.0 Å². The van der Waals surface area contributed by atoms with Crippen LogP contribution in [0.3, 0.4) is 0 Å². The maximum Gasteiger partial charge on any atom is 0.213 e. The van der Waals surface area contributed by atoms with Crippen LogP contribution < -0.4 is 10.5 Å². The highest BCUT2D eigenvalue weighted by atomic mass is 16.5. The average molecular weight is 234 g/mol. The summed E-state index contributed by atoms with van der Waals surface area (Å²) in [4.78, 5) is 4.59. The highest BCUT2D eigenvalue weighted by Gasteiger charge is 2.52. The van der Waals surface area contributed by atoms with Crippen molar-refractivity contribution in [3.8, 4) is 5.88 Å². The Morgan fingerprint density at radius 2 is 2.00 bits per heavy atom. The number of ether oxygens (including phenoxy) is 1. The predicted molar refractivity (Wildman–Crippen MR) is 69.2 cm³/mol. The van der Waals surface area contributed by atoms with Crippen LogP contribution in [-0.2, 0) is 5.41 Å². The van der Waals surface area contributed by atoms with Gasteiger partial charge < -0.3 is 10.5 Å². The first-order valence-corrected chi connectivity index (χ1v) is 6.28. The molecule has 3 heteroatoms. The molecule has 3 nitrogen and oxygen atoms in total. The lowest BCUT2D eigenvalue weighted by atomic mass is 9.79. The van der Waals surface area contributed by atoms with Gasteiger partial charge in [-0.3, -0.25) is 0 Å². The van der Waals surface area contributed by atoms with Gasteiger partial charge >= 0.3 is 0 Å². The Morgan fingerprint density at radius 3 is 2.53 bits per heavy atom. The molecule has 0 unspecified atom stereocenters. The van der Waals surface area contributed by atoms with Gasteiger partial charge in [0.15, 0.2) is 0 Å². The first kappa shape index (κ1) is 12.4. The number of aromatic nitrogens is 1. The average Bonchev–Trinajstić information content (AvgIpc) is 2.97. The normalized spacial score (nSPS) is 18.2. The molecule has 0 spiro atoms. The van der Waals surface area contributed by atoms with Crippen LogP contribution in [0.4, 0.5) is 0 Å². The van der Waals surface area contributed by atoms with Crippen molar-refractivity contribution in [2.45, 2.75) is 57.6 Å². The van der Waals surface area contributed by atoms with Crippen molar-refractivity contribution in [3.05, 3.63) is 23.9 Å². The summed E-state index contributed by atoms with van der Waals surface area (Å²) >= 11 is 0. The second-order valence-corrected chi connectivity index (χ2v) is 5.81. The lowest BCUT2D eigenvalue weighted by molar-refractivity contribution is 0.230. The molecule has 1 aliphatic carbocycles. The van der Waals surface area contributed by atoms with E-state index in [-0.39, 0.29) is 17.1 Å². The summed E-state index contributed by atoms with van der Waals surface area (Å²) in [6, 6.07) is 5.93. The van der Waals surface area contributed by atoms with Gasteiger partial charge in [-0.25, -0.2) is 4.98 Å². The lowest BCUT2D eigenvalue weighted by Crippen LogP contribution is -2.43. The van der Waals surface area contributed by atoms with Gasteiger partial charge in [-0.1, -0.05) is 19.9 Å². The number of hydrogen-bond acceptors (Lipinski definition) is 3. The molecule has 2 N–H and O–H groups in total. The van der Waals surface area contributed by atoms with E-state index in [4.69, 9.17) is 10.5 Å². The Kier molecular flexibility index (Phi) is 2.90. The van der Waals surface area contributed by atoms with E-state index < -0.39 is 0 Å². The van der Waals surface area contributed by atoms with E-state index in [2.05, 4.69) is 18.8 Å². The minimum Gasteiger partial charge on any atom is -0.475 e. The second kappa shape index (κ2) is 3.98. The summed E-state index contributed by atoms with van der Waals surface area (Å²) in [6.45, 7) is 8.35. The van der Waals surface area contributed by atoms with Crippen LogP contribution in [0.5, 0.6) is 5.88 Å². The van der Waals surface area contributed by atoms with Crippen molar-refractivity contribution in [2.75, 3.05) is 0 Å². The molecule has 1 fully saturated rings. The number of rotatable bonds is 4. The largest absolute Gasteiger partial charge is 0.475 e. The molecule has 0 atom stereocenters. The van der Waals surface area contributed by atoms with Crippen molar-refractivity contribution in [1.29, 1.82) is 0 Å². The third-order valence-electron chi connectivity index (χ3n) is 3.75. The number of nitrogens with zero attached hydrogens (tertiary/aromatic N) is 1. The van der Waals surface area contributed by atoms with Crippen LogP contribution in [0.1, 0.15) is 46.2 Å². The van der Waals surface area contributed by atoms with E-state index in [9.17, 15) is 0 Å². The molecule has 0 bridgehead atoms. The highest BCUT2D eigenvalue weighted by molar-refractivity contribution is 5.29. The minimum atomic E-state index is -0.0939. The van der Waals surface area contributed by atoms with Gasteiger partial charge in [0.25, 0.3) is 0 Å². The molecule has 94 valence electrons. The molecule has 1 aromatic rings. The molecule has 1 aliphatic rings. The predicted octanol–water partition coefficient (Wildman–Crippen LogP) is 2.64. The van der Waals surface area contributed by atoms with Crippen LogP contribution in [-0.4, -0.2) is 16.6 Å². The van der Waals surface area contributed by atoms with Crippen LogP contribution in [0.25, 0.3) is 0 Å². The van der Waals surface area contributed by atoms with Crippen LogP contribution in [0.2, 0.25) is 0 Å². The summed E-state index contributed by atoms with van der Waals surface area (Å²) in [7, 11) is 0. The van der Waals surface area contributed by atoms with Crippen LogP contribution in [0, 0.1) is 0 Å². The zero-order valence-electron chi connectivity index (χ0n) is 11.2. The number of hydrogen-bond donors (Lipinski definition) is 1. The van der Waals surface area contributed by atoms with Crippen molar-refractivity contribution in [1.82, 2.24) is 4.98 Å². The van der Waals surface area contributed by atoms with Crippen molar-refractivity contribution in [3.63, 3.8) is 0 Å². The lowest BCUT2D eigenvalue weighted by Gasteiger charge is -2.31. The Hall–Kier alpha value is -1.09. The molecular formula is C14H22N2O. The summed E-state index contributed by atoms with van der Waals surface area (Å²) in [6.07, 6.45) is 2.31. The Morgan fingerprint density at radius 1 is 1.35 bits per heavy atom. The summed E-state index contributed by atoms with van der Waals surface area (Å²) in [5.74, 6) is 0.690. The van der Waals surface area contributed by atoms with Gasteiger partial charge in [-0.2, -0.15) is 0 Å². The molecule has 17 heavy (non-hydrogen) atoms. The molecule has 0 saturated heterocycles. The first-order chi connectivity index (χ1) is 7.85. The van der Waals surface area contributed by atoms with Gasteiger partial charge in [0, 0.05) is 17.0 Å². The summed E-state index contributed by atoms with van der Waals surface area (Å²) in [5, 5.41) is 0. The molecule has 1 saturated carbocycles. The van der Waals surface area contributed by atoms with E-state index in [1.165, 1.54) is 0 Å². The zero-order chi connectivity index (χ0) is 12.7. The Balaban J connectivity index is 2.27. The maximum absolute atomic E-state index is 6.33. The van der Waals surface area contributed by atoms with Crippen molar-refractivity contribution < 1.29 is 4.74 Å². The summed E-state index contributed by atoms with van der Waals surface area (Å²) in [5.41, 5.74) is 7.17. The van der Waals surface area contributed by atoms with Gasteiger partial charge in [0.2, 0.25) is 5.88 Å². The molecule has 0 aromatic carbocycles.